The second-order valence-corrected chi connectivity index (χ2v) is 6.90. The van der Waals surface area contributed by atoms with Gasteiger partial charge in [0.05, 0.1) is 26.3 Å². The van der Waals surface area contributed by atoms with E-state index in [0.717, 1.165) is 36.4 Å². The number of quaternary nitrogens is 1. The number of anilines is 1. The van der Waals surface area contributed by atoms with Gasteiger partial charge in [-0.15, -0.1) is 0 Å². The van der Waals surface area contributed by atoms with Gasteiger partial charge in [0.2, 0.25) is 0 Å². The molecule has 6 heteroatoms. The lowest BCUT2D eigenvalue weighted by Gasteiger charge is -2.23. The minimum Gasteiger partial charge on any atom is -0.497 e. The number of methoxy groups -OCH3 is 2. The van der Waals surface area contributed by atoms with Gasteiger partial charge < -0.3 is 19.7 Å². The van der Waals surface area contributed by atoms with Gasteiger partial charge in [0, 0.05) is 24.6 Å². The Bertz CT molecular complexity index is 825. The number of hydrogen-bond donors (Lipinski definition) is 2. The van der Waals surface area contributed by atoms with Gasteiger partial charge in [0.25, 0.3) is 5.91 Å². The molecule has 27 heavy (non-hydrogen) atoms. The maximum absolute atomic E-state index is 13.7. The van der Waals surface area contributed by atoms with E-state index in [0.29, 0.717) is 17.8 Å². The summed E-state index contributed by atoms with van der Waals surface area (Å²) in [5, 5.41) is 2.80. The normalized spacial score (nSPS) is 19.0. The molecule has 0 aliphatic carbocycles. The van der Waals surface area contributed by atoms with Crippen LogP contribution < -0.4 is 19.7 Å². The number of rotatable bonds is 6. The first-order chi connectivity index (χ1) is 13.0. The number of halogens is 1. The van der Waals surface area contributed by atoms with Crippen LogP contribution in [0.4, 0.5) is 10.1 Å². The summed E-state index contributed by atoms with van der Waals surface area (Å²) in [5.74, 6) is 1.09. The molecule has 0 spiro atoms. The van der Waals surface area contributed by atoms with Crippen molar-refractivity contribution in [3.63, 3.8) is 0 Å². The van der Waals surface area contributed by atoms with Crippen LogP contribution in [0, 0.1) is 12.7 Å². The van der Waals surface area contributed by atoms with Crippen molar-refractivity contribution >= 4 is 11.6 Å². The van der Waals surface area contributed by atoms with Gasteiger partial charge >= 0.3 is 0 Å². The third-order valence-electron chi connectivity index (χ3n) is 5.14. The summed E-state index contributed by atoms with van der Waals surface area (Å²) in [6.45, 7) is 2.94. The summed E-state index contributed by atoms with van der Waals surface area (Å²) in [6, 6.07) is 10.7. The zero-order valence-corrected chi connectivity index (χ0v) is 16.0. The highest BCUT2D eigenvalue weighted by molar-refractivity contribution is 5.91. The predicted molar refractivity (Wildman–Crippen MR) is 102 cm³/mol. The van der Waals surface area contributed by atoms with Crippen LogP contribution in [0.1, 0.15) is 30.0 Å². The quantitative estimate of drug-likeness (QED) is 0.818. The number of likely N-dealkylation sites (tertiary alicyclic amines) is 1. The number of amides is 1. The first-order valence-electron chi connectivity index (χ1n) is 9.14. The van der Waals surface area contributed by atoms with Gasteiger partial charge in [-0.05, 0) is 36.8 Å². The molecule has 2 N–H and O–H groups in total. The molecule has 1 unspecified atom stereocenters. The molecule has 1 heterocycles. The molecule has 1 fully saturated rings. The molecule has 2 aromatic carbocycles. The Hall–Kier alpha value is -2.60. The van der Waals surface area contributed by atoms with E-state index in [1.807, 2.05) is 18.2 Å². The Morgan fingerprint density at radius 3 is 2.74 bits per heavy atom. The van der Waals surface area contributed by atoms with Crippen LogP contribution in [-0.2, 0) is 4.79 Å². The smallest absolute Gasteiger partial charge is 0.279 e. The molecule has 0 radical (unpaired) electrons. The molecule has 0 aromatic heterocycles. The Morgan fingerprint density at radius 2 is 2.04 bits per heavy atom. The molecular weight excluding hydrogens is 347 g/mol. The lowest BCUT2D eigenvalue weighted by Crippen LogP contribution is -3.11. The predicted octanol–water partition coefficient (Wildman–Crippen LogP) is 2.51. The van der Waals surface area contributed by atoms with E-state index in [-0.39, 0.29) is 17.8 Å². The Morgan fingerprint density at radius 1 is 1.22 bits per heavy atom. The third-order valence-corrected chi connectivity index (χ3v) is 5.14. The van der Waals surface area contributed by atoms with E-state index in [9.17, 15) is 9.18 Å². The van der Waals surface area contributed by atoms with Gasteiger partial charge in [0.15, 0.2) is 6.54 Å². The first kappa shape index (κ1) is 19.2. The van der Waals surface area contributed by atoms with Crippen molar-refractivity contribution in [1.29, 1.82) is 0 Å². The van der Waals surface area contributed by atoms with Crippen molar-refractivity contribution in [2.75, 3.05) is 32.6 Å². The van der Waals surface area contributed by atoms with E-state index in [1.54, 1.807) is 33.3 Å². The van der Waals surface area contributed by atoms with Crippen molar-refractivity contribution in [1.82, 2.24) is 0 Å². The molecule has 3 rings (SSSR count). The highest BCUT2D eigenvalue weighted by Crippen LogP contribution is 2.31. The van der Waals surface area contributed by atoms with Crippen molar-refractivity contribution in [2.24, 2.45) is 0 Å². The van der Waals surface area contributed by atoms with Crippen molar-refractivity contribution < 1.29 is 23.6 Å². The number of nitrogens with one attached hydrogen (secondary N) is 2. The van der Waals surface area contributed by atoms with Crippen LogP contribution in [0.5, 0.6) is 11.5 Å². The maximum atomic E-state index is 13.7. The first-order valence-corrected chi connectivity index (χ1v) is 9.14. The van der Waals surface area contributed by atoms with Crippen molar-refractivity contribution in [3.05, 3.63) is 53.3 Å². The molecule has 144 valence electrons. The summed E-state index contributed by atoms with van der Waals surface area (Å²) >= 11 is 0. The van der Waals surface area contributed by atoms with Gasteiger partial charge in [-0.2, -0.15) is 0 Å². The molecule has 2 atom stereocenters. The van der Waals surface area contributed by atoms with Crippen LogP contribution in [0.3, 0.4) is 0 Å². The molecule has 1 aliphatic rings. The van der Waals surface area contributed by atoms with Crippen LogP contribution >= 0.6 is 0 Å². The van der Waals surface area contributed by atoms with Crippen LogP contribution in [0.15, 0.2) is 36.4 Å². The summed E-state index contributed by atoms with van der Waals surface area (Å²) in [7, 11) is 3.27. The highest BCUT2D eigenvalue weighted by Gasteiger charge is 2.33. The van der Waals surface area contributed by atoms with E-state index >= 15 is 0 Å². The van der Waals surface area contributed by atoms with Crippen molar-refractivity contribution in [3.8, 4) is 11.5 Å². The molecule has 5 nitrogen and oxygen atoms in total. The zero-order chi connectivity index (χ0) is 19.4. The van der Waals surface area contributed by atoms with E-state index in [1.165, 1.54) is 11.0 Å². The molecule has 1 saturated heterocycles. The van der Waals surface area contributed by atoms with E-state index in [4.69, 9.17) is 9.47 Å². The fourth-order valence-corrected chi connectivity index (χ4v) is 3.69. The monoisotopic (exact) mass is 373 g/mol. The SMILES string of the molecule is COc1ccc([C@@H]2CCC[NH+]2CC(=O)Nc2ccc(C)c(F)c2)c(OC)c1. The third kappa shape index (κ3) is 4.39. The average Bonchev–Trinajstić information content (AvgIpc) is 3.11. The lowest BCUT2D eigenvalue weighted by atomic mass is 10.0. The topological polar surface area (TPSA) is 52.0 Å². The zero-order valence-electron chi connectivity index (χ0n) is 16.0. The minimum absolute atomic E-state index is 0.118. The lowest BCUT2D eigenvalue weighted by molar-refractivity contribution is -0.910. The molecular formula is C21H26FN2O3+. The summed E-state index contributed by atoms with van der Waals surface area (Å²) in [4.78, 5) is 13.7. The van der Waals surface area contributed by atoms with Crippen LogP contribution in [0.25, 0.3) is 0 Å². The number of carbonyl (C=O) groups is 1. The fourth-order valence-electron chi connectivity index (χ4n) is 3.69. The number of carbonyl (C=O) groups excluding carboxylic acids is 1. The van der Waals surface area contributed by atoms with Crippen LogP contribution in [-0.4, -0.2) is 33.2 Å². The van der Waals surface area contributed by atoms with Gasteiger partial charge in [-0.25, -0.2) is 4.39 Å². The molecule has 1 amide bonds. The second kappa shape index (κ2) is 8.39. The number of benzene rings is 2. The Kier molecular flexibility index (Phi) is 5.96. The van der Waals surface area contributed by atoms with Gasteiger partial charge in [-0.3, -0.25) is 4.79 Å². The van der Waals surface area contributed by atoms with Crippen molar-refractivity contribution in [2.45, 2.75) is 25.8 Å². The standard InChI is InChI=1S/C21H25FN2O3/c1-14-6-7-15(11-18(14)22)23-21(25)13-24-10-4-5-19(24)17-9-8-16(26-2)12-20(17)27-3/h6-9,11-12,19H,4-5,10,13H2,1-3H3,(H,23,25)/p+1/t19-/m0/s1. The average molecular weight is 373 g/mol. The number of ether oxygens (including phenoxy) is 2. The largest absolute Gasteiger partial charge is 0.497 e. The van der Waals surface area contributed by atoms with Gasteiger partial charge in [0.1, 0.15) is 23.4 Å². The summed E-state index contributed by atoms with van der Waals surface area (Å²) in [6.07, 6.45) is 2.03. The van der Waals surface area contributed by atoms with Crippen LogP contribution in [0.2, 0.25) is 0 Å². The molecule has 0 bridgehead atoms. The number of aryl methyl sites for hydroxylation is 1. The van der Waals surface area contributed by atoms with Gasteiger partial charge in [-0.1, -0.05) is 6.07 Å². The molecule has 1 aliphatic heterocycles. The Balaban J connectivity index is 1.71. The molecule has 0 saturated carbocycles. The fraction of sp³-hybridized carbons (Fsp3) is 0.381. The number of hydrogen-bond acceptors (Lipinski definition) is 3. The highest BCUT2D eigenvalue weighted by atomic mass is 19.1. The second-order valence-electron chi connectivity index (χ2n) is 6.90. The summed E-state index contributed by atoms with van der Waals surface area (Å²) < 4.78 is 24.5. The van der Waals surface area contributed by atoms with E-state index in [2.05, 4.69) is 5.32 Å². The summed E-state index contributed by atoms with van der Waals surface area (Å²) in [5.41, 5.74) is 2.13. The Labute approximate surface area is 159 Å². The minimum atomic E-state index is -0.317. The maximum Gasteiger partial charge on any atom is 0.279 e. The molecule has 2 aromatic rings. The van der Waals surface area contributed by atoms with E-state index < -0.39 is 0 Å².